The Balaban J connectivity index is 2.41. The topological polar surface area (TPSA) is 18.5 Å². The van der Waals surface area contributed by atoms with Crippen LogP contribution in [0.25, 0.3) is 0 Å². The van der Waals surface area contributed by atoms with Crippen molar-refractivity contribution in [2.45, 2.75) is 33.1 Å². The van der Waals surface area contributed by atoms with Crippen molar-refractivity contribution in [3.8, 4) is 11.5 Å². The van der Waals surface area contributed by atoms with E-state index in [0.717, 1.165) is 22.6 Å². The first-order valence-corrected chi connectivity index (χ1v) is 7.67. The van der Waals surface area contributed by atoms with E-state index in [-0.39, 0.29) is 5.41 Å². The van der Waals surface area contributed by atoms with Gasteiger partial charge in [0.2, 0.25) is 0 Å². The van der Waals surface area contributed by atoms with Gasteiger partial charge in [0.1, 0.15) is 11.5 Å². The van der Waals surface area contributed by atoms with Crippen molar-refractivity contribution >= 4 is 0 Å². The van der Waals surface area contributed by atoms with Crippen LogP contribution in [0.2, 0.25) is 0 Å². The maximum atomic E-state index is 5.41. The van der Waals surface area contributed by atoms with E-state index in [9.17, 15) is 0 Å². The van der Waals surface area contributed by atoms with Crippen LogP contribution in [0, 0.1) is 13.8 Å². The second-order valence-electron chi connectivity index (χ2n) is 6.15. The first-order valence-electron chi connectivity index (χ1n) is 7.67. The SMILES string of the molecule is C=COc1ccc(C(C)(C)c2ccc(OC=C)c(C)c2)cc1C. The predicted molar refractivity (Wildman–Crippen MR) is 96.1 cm³/mol. The summed E-state index contributed by atoms with van der Waals surface area (Å²) in [5.74, 6) is 1.68. The second kappa shape index (κ2) is 6.74. The molecule has 0 fully saturated rings. The predicted octanol–water partition coefficient (Wildman–Crippen LogP) is 5.67. The molecule has 0 heterocycles. The molecule has 2 heteroatoms. The lowest BCUT2D eigenvalue weighted by molar-refractivity contribution is 0.477. The second-order valence-corrected chi connectivity index (χ2v) is 6.15. The lowest BCUT2D eigenvalue weighted by atomic mass is 9.77. The Labute approximate surface area is 139 Å². The molecule has 0 atom stereocenters. The van der Waals surface area contributed by atoms with Crippen molar-refractivity contribution in [1.82, 2.24) is 0 Å². The minimum Gasteiger partial charge on any atom is -0.465 e. The summed E-state index contributed by atoms with van der Waals surface area (Å²) in [6.45, 7) is 15.7. The molecule has 120 valence electrons. The highest BCUT2D eigenvalue weighted by atomic mass is 16.5. The number of hydrogen-bond donors (Lipinski definition) is 0. The molecule has 23 heavy (non-hydrogen) atoms. The summed E-state index contributed by atoms with van der Waals surface area (Å²) in [7, 11) is 0. The Morgan fingerprint density at radius 2 is 1.17 bits per heavy atom. The van der Waals surface area contributed by atoms with Crippen LogP contribution in [-0.2, 0) is 5.41 Å². The van der Waals surface area contributed by atoms with Gasteiger partial charge in [0.15, 0.2) is 0 Å². The third-order valence-corrected chi connectivity index (χ3v) is 4.21. The van der Waals surface area contributed by atoms with Crippen molar-refractivity contribution < 1.29 is 9.47 Å². The molecule has 0 saturated carbocycles. The Bertz CT molecular complexity index is 665. The third-order valence-electron chi connectivity index (χ3n) is 4.21. The van der Waals surface area contributed by atoms with Crippen LogP contribution in [0.5, 0.6) is 11.5 Å². The van der Waals surface area contributed by atoms with Gasteiger partial charge in [0, 0.05) is 5.41 Å². The number of benzene rings is 2. The summed E-state index contributed by atoms with van der Waals surface area (Å²) >= 11 is 0. The fourth-order valence-electron chi connectivity index (χ4n) is 2.69. The van der Waals surface area contributed by atoms with Crippen molar-refractivity contribution in [3.63, 3.8) is 0 Å². The molecule has 2 aromatic rings. The van der Waals surface area contributed by atoms with Crippen molar-refractivity contribution in [2.24, 2.45) is 0 Å². The van der Waals surface area contributed by atoms with Gasteiger partial charge in [-0.05, 0) is 48.2 Å². The highest BCUT2D eigenvalue weighted by molar-refractivity contribution is 5.47. The van der Waals surface area contributed by atoms with E-state index in [4.69, 9.17) is 9.47 Å². The van der Waals surface area contributed by atoms with Crippen LogP contribution < -0.4 is 9.47 Å². The Kier molecular flexibility index (Phi) is 4.95. The molecule has 0 saturated heterocycles. The first-order chi connectivity index (χ1) is 10.9. The quantitative estimate of drug-likeness (QED) is 0.640. The molecular weight excluding hydrogens is 284 g/mol. The van der Waals surface area contributed by atoms with Crippen molar-refractivity contribution in [2.75, 3.05) is 0 Å². The lowest BCUT2D eigenvalue weighted by Crippen LogP contribution is -2.19. The molecule has 0 N–H and O–H groups in total. The van der Waals surface area contributed by atoms with Crippen LogP contribution >= 0.6 is 0 Å². The molecule has 0 radical (unpaired) electrons. The molecule has 2 aromatic carbocycles. The average molecular weight is 308 g/mol. The molecule has 0 aromatic heterocycles. The summed E-state index contributed by atoms with van der Waals surface area (Å²) in [6, 6.07) is 12.5. The minimum atomic E-state index is -0.116. The first kappa shape index (κ1) is 16.9. The standard InChI is InChI=1S/C21H24O2/c1-7-22-19-11-9-17(13-15(19)3)21(5,6)18-10-12-20(23-8-2)16(4)14-18/h7-14H,1-2H2,3-6H3. The van der Waals surface area contributed by atoms with Gasteiger partial charge in [-0.3, -0.25) is 0 Å². The zero-order valence-corrected chi connectivity index (χ0v) is 14.3. The van der Waals surface area contributed by atoms with Gasteiger partial charge >= 0.3 is 0 Å². The molecule has 0 amide bonds. The molecular formula is C21H24O2. The van der Waals surface area contributed by atoms with Crippen molar-refractivity contribution in [1.29, 1.82) is 0 Å². The molecule has 0 unspecified atom stereocenters. The highest BCUT2D eigenvalue weighted by Crippen LogP contribution is 2.35. The van der Waals surface area contributed by atoms with Crippen LogP contribution in [0.4, 0.5) is 0 Å². The molecule has 2 rings (SSSR count). The summed E-state index contributed by atoms with van der Waals surface area (Å²) in [4.78, 5) is 0. The van der Waals surface area contributed by atoms with Crippen LogP contribution in [0.1, 0.15) is 36.1 Å². The van der Waals surface area contributed by atoms with Gasteiger partial charge in [0.05, 0.1) is 12.5 Å². The fraction of sp³-hybridized carbons (Fsp3) is 0.238. The Hall–Kier alpha value is -2.48. The Morgan fingerprint density at radius 3 is 1.48 bits per heavy atom. The molecule has 0 aliphatic heterocycles. The maximum Gasteiger partial charge on any atom is 0.129 e. The molecule has 0 aliphatic rings. The van der Waals surface area contributed by atoms with Crippen molar-refractivity contribution in [3.05, 3.63) is 84.3 Å². The number of ether oxygens (including phenoxy) is 2. The van der Waals surface area contributed by atoms with Gasteiger partial charge in [-0.25, -0.2) is 0 Å². The summed E-state index contributed by atoms with van der Waals surface area (Å²) in [5.41, 5.74) is 4.55. The number of aryl methyl sites for hydroxylation is 2. The maximum absolute atomic E-state index is 5.41. The average Bonchev–Trinajstić information content (AvgIpc) is 2.51. The van der Waals surface area contributed by atoms with Crippen LogP contribution in [0.3, 0.4) is 0 Å². The lowest BCUT2D eigenvalue weighted by Gasteiger charge is -2.27. The van der Waals surface area contributed by atoms with Gasteiger partial charge in [-0.2, -0.15) is 0 Å². The van der Waals surface area contributed by atoms with E-state index in [1.54, 1.807) is 0 Å². The largest absolute Gasteiger partial charge is 0.465 e. The van der Waals surface area contributed by atoms with E-state index in [1.807, 2.05) is 26.0 Å². The Morgan fingerprint density at radius 1 is 0.783 bits per heavy atom. The van der Waals surface area contributed by atoms with E-state index in [1.165, 1.54) is 23.7 Å². The van der Waals surface area contributed by atoms with Crippen LogP contribution in [0.15, 0.2) is 62.1 Å². The van der Waals surface area contributed by atoms with Gasteiger partial charge in [-0.1, -0.05) is 51.3 Å². The minimum absolute atomic E-state index is 0.116. The van der Waals surface area contributed by atoms with Gasteiger partial charge < -0.3 is 9.47 Å². The molecule has 0 bridgehead atoms. The van der Waals surface area contributed by atoms with Gasteiger partial charge in [-0.15, -0.1) is 0 Å². The number of rotatable bonds is 6. The molecule has 2 nitrogen and oxygen atoms in total. The van der Waals surface area contributed by atoms with Gasteiger partial charge in [0.25, 0.3) is 0 Å². The molecule has 0 spiro atoms. The normalized spacial score (nSPS) is 11.0. The summed E-state index contributed by atoms with van der Waals surface area (Å²) < 4.78 is 10.8. The zero-order chi connectivity index (χ0) is 17.0. The molecule has 0 aliphatic carbocycles. The highest BCUT2D eigenvalue weighted by Gasteiger charge is 2.24. The fourth-order valence-corrected chi connectivity index (χ4v) is 2.69. The van der Waals surface area contributed by atoms with E-state index < -0.39 is 0 Å². The zero-order valence-electron chi connectivity index (χ0n) is 14.3. The summed E-state index contributed by atoms with van der Waals surface area (Å²) in [6.07, 6.45) is 2.91. The van der Waals surface area contributed by atoms with E-state index in [2.05, 4.69) is 51.3 Å². The van der Waals surface area contributed by atoms with E-state index >= 15 is 0 Å². The van der Waals surface area contributed by atoms with E-state index in [0.29, 0.717) is 0 Å². The third kappa shape index (κ3) is 3.48. The smallest absolute Gasteiger partial charge is 0.129 e. The van der Waals surface area contributed by atoms with Crippen LogP contribution in [-0.4, -0.2) is 0 Å². The monoisotopic (exact) mass is 308 g/mol. The number of hydrogen-bond acceptors (Lipinski definition) is 2. The summed E-state index contributed by atoms with van der Waals surface area (Å²) in [5, 5.41) is 0.